The van der Waals surface area contributed by atoms with E-state index in [4.69, 9.17) is 0 Å². The summed E-state index contributed by atoms with van der Waals surface area (Å²) in [6, 6.07) is 1.38. The molecule has 2 rings (SSSR count). The highest BCUT2D eigenvalue weighted by atomic mass is 16.2. The van der Waals surface area contributed by atoms with E-state index in [1.807, 2.05) is 13.1 Å². The second-order valence-corrected chi connectivity index (χ2v) is 4.53. The van der Waals surface area contributed by atoms with Crippen LogP contribution in [-0.4, -0.2) is 30.2 Å². The van der Waals surface area contributed by atoms with Crippen LogP contribution in [0.2, 0.25) is 0 Å². The Morgan fingerprint density at radius 1 is 1.65 bits per heavy atom. The van der Waals surface area contributed by atoms with E-state index < -0.39 is 5.91 Å². The monoisotopic (exact) mass is 272 g/mol. The summed E-state index contributed by atoms with van der Waals surface area (Å²) in [5, 5.41) is 8.45. The van der Waals surface area contributed by atoms with Crippen LogP contribution in [0.1, 0.15) is 24.2 Å². The molecule has 0 aromatic carbocycles. The Kier molecular flexibility index (Phi) is 4.20. The summed E-state index contributed by atoms with van der Waals surface area (Å²) in [7, 11) is 0. The molecule has 0 fully saturated rings. The average Bonchev–Trinajstić information content (AvgIpc) is 2.85. The van der Waals surface area contributed by atoms with Gasteiger partial charge in [0.15, 0.2) is 5.43 Å². The minimum atomic E-state index is -0.432. The fourth-order valence-corrected chi connectivity index (χ4v) is 1.82. The molecule has 1 aliphatic rings. The van der Waals surface area contributed by atoms with Gasteiger partial charge in [-0.3, -0.25) is 9.59 Å². The molecule has 2 N–H and O–H groups in total. The van der Waals surface area contributed by atoms with Crippen molar-refractivity contribution < 1.29 is 4.79 Å². The first-order valence-corrected chi connectivity index (χ1v) is 6.34. The van der Waals surface area contributed by atoms with Crippen LogP contribution < -0.4 is 15.8 Å². The number of carbonyl (C=O) groups is 1. The maximum atomic E-state index is 12.0. The number of hydrogen-bond acceptors (Lipinski definition) is 4. The molecule has 6 nitrogen and oxygen atoms in total. The molecule has 1 unspecified atom stereocenters. The molecule has 1 aromatic heterocycles. The van der Waals surface area contributed by atoms with Crippen LogP contribution in [0, 0.1) is 17.8 Å². The van der Waals surface area contributed by atoms with Crippen molar-refractivity contribution in [3.63, 3.8) is 0 Å². The normalized spacial score (nSPS) is 16.7. The van der Waals surface area contributed by atoms with Gasteiger partial charge in [0.1, 0.15) is 11.4 Å². The number of hydrogen-bond donors (Lipinski definition) is 2. The van der Waals surface area contributed by atoms with Crippen molar-refractivity contribution in [3.8, 4) is 11.8 Å². The van der Waals surface area contributed by atoms with Gasteiger partial charge in [0, 0.05) is 24.4 Å². The van der Waals surface area contributed by atoms with Crippen molar-refractivity contribution in [2.24, 2.45) is 11.0 Å². The summed E-state index contributed by atoms with van der Waals surface area (Å²) in [4.78, 5) is 26.7. The SMILES string of the molecule is CC#CCNC(=O)c1c[nH]c(N2CC(C)C=N2)cc1=O. The molecular weight excluding hydrogens is 256 g/mol. The number of H-pyrrole nitrogens is 1. The van der Waals surface area contributed by atoms with Crippen molar-refractivity contribution in [2.75, 3.05) is 18.1 Å². The Labute approximate surface area is 116 Å². The Hall–Kier alpha value is -2.55. The number of anilines is 1. The number of nitrogens with zero attached hydrogens (tertiary/aromatic N) is 2. The standard InChI is InChI=1S/C14H16N4O2/c1-3-4-5-15-14(20)11-8-16-13(6-12(11)19)18-9-10(2)7-17-18/h6-8,10H,5,9H2,1-2H3,(H,15,20)(H,16,19). The number of hydrazone groups is 1. The lowest BCUT2D eigenvalue weighted by atomic mass is 10.2. The van der Waals surface area contributed by atoms with E-state index in [-0.39, 0.29) is 17.5 Å². The molecular formula is C14H16N4O2. The maximum Gasteiger partial charge on any atom is 0.257 e. The van der Waals surface area contributed by atoms with Gasteiger partial charge in [0.2, 0.25) is 0 Å². The Balaban J connectivity index is 2.13. The second kappa shape index (κ2) is 6.06. The van der Waals surface area contributed by atoms with Crippen LogP contribution >= 0.6 is 0 Å². The van der Waals surface area contributed by atoms with Gasteiger partial charge in [0.05, 0.1) is 13.1 Å². The first-order valence-electron chi connectivity index (χ1n) is 6.34. The average molecular weight is 272 g/mol. The van der Waals surface area contributed by atoms with E-state index in [9.17, 15) is 9.59 Å². The molecule has 1 aliphatic heterocycles. The highest BCUT2D eigenvalue weighted by Gasteiger charge is 2.17. The highest BCUT2D eigenvalue weighted by Crippen LogP contribution is 2.15. The van der Waals surface area contributed by atoms with Gasteiger partial charge in [-0.25, -0.2) is 5.01 Å². The molecule has 0 spiro atoms. The van der Waals surface area contributed by atoms with E-state index >= 15 is 0 Å². The van der Waals surface area contributed by atoms with E-state index in [0.717, 1.165) is 0 Å². The van der Waals surface area contributed by atoms with E-state index in [0.29, 0.717) is 18.3 Å². The van der Waals surface area contributed by atoms with Crippen molar-refractivity contribution in [1.29, 1.82) is 0 Å². The fraction of sp³-hybridized carbons (Fsp3) is 0.357. The summed E-state index contributed by atoms with van der Waals surface area (Å²) < 4.78 is 0. The fourth-order valence-electron chi connectivity index (χ4n) is 1.82. The van der Waals surface area contributed by atoms with E-state index in [2.05, 4.69) is 27.2 Å². The molecule has 0 saturated heterocycles. The molecule has 2 heterocycles. The minimum absolute atomic E-state index is 0.0721. The Bertz CT molecular complexity index is 651. The van der Waals surface area contributed by atoms with Crippen molar-refractivity contribution >= 4 is 17.9 Å². The molecule has 0 saturated carbocycles. The van der Waals surface area contributed by atoms with Crippen molar-refractivity contribution in [3.05, 3.63) is 28.0 Å². The first-order chi connectivity index (χ1) is 9.61. The molecule has 6 heteroatoms. The summed E-state index contributed by atoms with van der Waals surface area (Å²) in [5.74, 6) is 5.87. The molecule has 1 atom stereocenters. The van der Waals surface area contributed by atoms with Crippen LogP contribution in [0.4, 0.5) is 5.82 Å². The minimum Gasteiger partial charge on any atom is -0.346 e. The molecule has 1 aromatic rings. The molecule has 0 bridgehead atoms. The predicted molar refractivity (Wildman–Crippen MR) is 77.8 cm³/mol. The van der Waals surface area contributed by atoms with E-state index in [1.165, 1.54) is 12.3 Å². The topological polar surface area (TPSA) is 77.6 Å². The molecule has 0 radical (unpaired) electrons. The predicted octanol–water partition coefficient (Wildman–Crippen LogP) is 0.570. The maximum absolute atomic E-state index is 12.0. The molecule has 0 aliphatic carbocycles. The van der Waals surface area contributed by atoms with Crippen molar-refractivity contribution in [2.45, 2.75) is 13.8 Å². The highest BCUT2D eigenvalue weighted by molar-refractivity contribution is 5.94. The number of aromatic nitrogens is 1. The zero-order valence-electron chi connectivity index (χ0n) is 11.4. The van der Waals surface area contributed by atoms with Gasteiger partial charge in [-0.1, -0.05) is 12.8 Å². The van der Waals surface area contributed by atoms with Crippen LogP contribution in [0.3, 0.4) is 0 Å². The third-order valence-corrected chi connectivity index (χ3v) is 2.86. The number of rotatable bonds is 3. The Morgan fingerprint density at radius 3 is 3.05 bits per heavy atom. The molecule has 104 valence electrons. The number of amides is 1. The zero-order valence-corrected chi connectivity index (χ0v) is 11.4. The summed E-state index contributed by atoms with van der Waals surface area (Å²) in [5.41, 5.74) is -0.265. The lowest BCUT2D eigenvalue weighted by molar-refractivity contribution is 0.0957. The first kappa shape index (κ1) is 13.9. The smallest absolute Gasteiger partial charge is 0.257 e. The van der Waals surface area contributed by atoms with Crippen LogP contribution in [-0.2, 0) is 0 Å². The van der Waals surface area contributed by atoms with Gasteiger partial charge < -0.3 is 10.3 Å². The number of carbonyl (C=O) groups excluding carboxylic acids is 1. The molecule has 1 amide bonds. The van der Waals surface area contributed by atoms with Gasteiger partial charge in [-0.15, -0.1) is 5.92 Å². The number of aromatic amines is 1. The second-order valence-electron chi connectivity index (χ2n) is 4.53. The zero-order chi connectivity index (χ0) is 14.5. The van der Waals surface area contributed by atoms with Crippen LogP contribution in [0.25, 0.3) is 0 Å². The third kappa shape index (κ3) is 3.06. The summed E-state index contributed by atoms with van der Waals surface area (Å²) in [6.07, 6.45) is 3.23. The lowest BCUT2D eigenvalue weighted by Crippen LogP contribution is -2.29. The largest absolute Gasteiger partial charge is 0.346 e. The Morgan fingerprint density at radius 2 is 2.45 bits per heavy atom. The summed E-state index contributed by atoms with van der Waals surface area (Å²) >= 11 is 0. The van der Waals surface area contributed by atoms with Gasteiger partial charge in [-0.2, -0.15) is 5.10 Å². The van der Waals surface area contributed by atoms with Gasteiger partial charge >= 0.3 is 0 Å². The van der Waals surface area contributed by atoms with E-state index in [1.54, 1.807) is 11.9 Å². The van der Waals surface area contributed by atoms with Gasteiger partial charge in [0.25, 0.3) is 5.91 Å². The van der Waals surface area contributed by atoms with Crippen molar-refractivity contribution in [1.82, 2.24) is 10.3 Å². The third-order valence-electron chi connectivity index (χ3n) is 2.86. The van der Waals surface area contributed by atoms with Gasteiger partial charge in [-0.05, 0) is 6.92 Å². The number of nitrogens with one attached hydrogen (secondary N) is 2. The lowest BCUT2D eigenvalue weighted by Gasteiger charge is -2.14. The summed E-state index contributed by atoms with van der Waals surface area (Å²) in [6.45, 7) is 4.67. The number of pyridine rings is 1. The quantitative estimate of drug-likeness (QED) is 0.790. The van der Waals surface area contributed by atoms with Crippen LogP contribution in [0.15, 0.2) is 22.2 Å². The molecule has 20 heavy (non-hydrogen) atoms. The van der Waals surface area contributed by atoms with Crippen LogP contribution in [0.5, 0.6) is 0 Å².